The number of hydrogen-bond acceptors (Lipinski definition) is 6. The van der Waals surface area contributed by atoms with E-state index in [1.54, 1.807) is 39.1 Å². The Balaban J connectivity index is 1.80. The Kier molecular flexibility index (Phi) is 7.05. The van der Waals surface area contributed by atoms with Gasteiger partial charge in [0, 0.05) is 18.3 Å². The SMILES string of the molecule is CC(C)(C)OC(=O)C[C@@H](Cc1ccccn1)C(=O)N1C(=O)OC[C@H]1Cc1ccccc1. The maximum absolute atomic E-state index is 13.5. The number of hydrogen-bond donors (Lipinski definition) is 0. The third-order valence-electron chi connectivity index (χ3n) is 4.88. The molecule has 0 N–H and O–H groups in total. The average Bonchev–Trinajstić information content (AvgIpc) is 3.07. The molecule has 0 bridgehead atoms. The molecule has 7 nitrogen and oxygen atoms in total. The molecule has 1 aliphatic heterocycles. The molecule has 1 aromatic carbocycles. The highest BCUT2D eigenvalue weighted by atomic mass is 16.6. The summed E-state index contributed by atoms with van der Waals surface area (Å²) in [6.45, 7) is 5.44. The second kappa shape index (κ2) is 9.73. The second-order valence-electron chi connectivity index (χ2n) is 8.64. The Labute approximate surface area is 182 Å². The van der Waals surface area contributed by atoms with Crippen LogP contribution in [0.3, 0.4) is 0 Å². The molecule has 2 amide bonds. The zero-order chi connectivity index (χ0) is 22.4. The lowest BCUT2D eigenvalue weighted by Gasteiger charge is -2.26. The fourth-order valence-electron chi connectivity index (χ4n) is 3.57. The van der Waals surface area contributed by atoms with Crippen molar-refractivity contribution in [1.29, 1.82) is 0 Å². The molecule has 1 fully saturated rings. The Morgan fingerprint density at radius 1 is 1.16 bits per heavy atom. The molecule has 0 aliphatic carbocycles. The van der Waals surface area contributed by atoms with Crippen LogP contribution in [0.5, 0.6) is 0 Å². The van der Waals surface area contributed by atoms with Crippen molar-refractivity contribution in [3.8, 4) is 0 Å². The van der Waals surface area contributed by atoms with E-state index in [0.717, 1.165) is 10.5 Å². The van der Waals surface area contributed by atoms with Crippen molar-refractivity contribution in [1.82, 2.24) is 9.88 Å². The van der Waals surface area contributed by atoms with Gasteiger partial charge in [-0.1, -0.05) is 36.4 Å². The molecule has 2 aromatic rings. The van der Waals surface area contributed by atoms with Crippen LogP contribution in [0.15, 0.2) is 54.7 Å². The van der Waals surface area contributed by atoms with Gasteiger partial charge in [-0.25, -0.2) is 9.69 Å². The number of nitrogens with zero attached hydrogens (tertiary/aromatic N) is 2. The first-order chi connectivity index (χ1) is 14.7. The van der Waals surface area contributed by atoms with E-state index < -0.39 is 35.5 Å². The van der Waals surface area contributed by atoms with Crippen LogP contribution in [-0.4, -0.2) is 46.1 Å². The third-order valence-corrected chi connectivity index (χ3v) is 4.88. The second-order valence-corrected chi connectivity index (χ2v) is 8.64. The number of cyclic esters (lactones) is 1. The molecule has 2 heterocycles. The van der Waals surface area contributed by atoms with Crippen LogP contribution >= 0.6 is 0 Å². The number of carbonyl (C=O) groups excluding carboxylic acids is 3. The summed E-state index contributed by atoms with van der Waals surface area (Å²) < 4.78 is 10.6. The normalized spacial score (nSPS) is 17.2. The lowest BCUT2D eigenvalue weighted by atomic mass is 9.95. The molecule has 2 atom stereocenters. The predicted octanol–water partition coefficient (Wildman–Crippen LogP) is 3.56. The summed E-state index contributed by atoms with van der Waals surface area (Å²) in [6.07, 6.45) is 1.52. The van der Waals surface area contributed by atoms with Crippen LogP contribution in [0, 0.1) is 5.92 Å². The van der Waals surface area contributed by atoms with Crippen molar-refractivity contribution < 1.29 is 23.9 Å². The zero-order valence-corrected chi connectivity index (χ0v) is 18.1. The minimum absolute atomic E-state index is 0.127. The van der Waals surface area contributed by atoms with Crippen LogP contribution in [0.25, 0.3) is 0 Å². The first kappa shape index (κ1) is 22.5. The van der Waals surface area contributed by atoms with Crippen molar-refractivity contribution in [3.05, 3.63) is 66.0 Å². The highest BCUT2D eigenvalue weighted by Crippen LogP contribution is 2.24. The van der Waals surface area contributed by atoms with Gasteiger partial charge in [0.2, 0.25) is 5.91 Å². The van der Waals surface area contributed by atoms with Crippen molar-refractivity contribution in [2.24, 2.45) is 5.92 Å². The number of carbonyl (C=O) groups is 3. The Morgan fingerprint density at radius 2 is 1.87 bits per heavy atom. The van der Waals surface area contributed by atoms with Crippen molar-refractivity contribution in [3.63, 3.8) is 0 Å². The molecule has 7 heteroatoms. The molecule has 0 saturated carbocycles. The Morgan fingerprint density at radius 3 is 2.52 bits per heavy atom. The fraction of sp³-hybridized carbons (Fsp3) is 0.417. The summed E-state index contributed by atoms with van der Waals surface area (Å²) in [5.74, 6) is -1.72. The van der Waals surface area contributed by atoms with Gasteiger partial charge in [0.05, 0.1) is 18.4 Å². The number of pyridine rings is 1. The smallest absolute Gasteiger partial charge is 0.416 e. The standard InChI is InChI=1S/C24H28N2O5/c1-24(2,3)31-21(27)15-18(14-19-11-7-8-12-25-19)22(28)26-20(16-30-23(26)29)13-17-9-5-4-6-10-17/h4-12,18,20H,13-16H2,1-3H3/t18-,20-/m1/s1. The van der Waals surface area contributed by atoms with Gasteiger partial charge in [-0.2, -0.15) is 0 Å². The molecule has 0 spiro atoms. The summed E-state index contributed by atoms with van der Waals surface area (Å²) in [7, 11) is 0. The van der Waals surface area contributed by atoms with Crippen LogP contribution in [-0.2, 0) is 31.9 Å². The van der Waals surface area contributed by atoms with Crippen LogP contribution in [0.1, 0.15) is 38.4 Å². The van der Waals surface area contributed by atoms with Crippen molar-refractivity contribution >= 4 is 18.0 Å². The molecule has 1 aliphatic rings. The minimum Gasteiger partial charge on any atom is -0.460 e. The summed E-state index contributed by atoms with van der Waals surface area (Å²) >= 11 is 0. The number of benzene rings is 1. The van der Waals surface area contributed by atoms with E-state index in [9.17, 15) is 14.4 Å². The van der Waals surface area contributed by atoms with Crippen molar-refractivity contribution in [2.45, 2.75) is 51.7 Å². The lowest BCUT2D eigenvalue weighted by molar-refractivity contribution is -0.158. The van der Waals surface area contributed by atoms with Crippen molar-refractivity contribution in [2.75, 3.05) is 6.61 Å². The van der Waals surface area contributed by atoms with Crippen LogP contribution in [0.4, 0.5) is 4.79 Å². The van der Waals surface area contributed by atoms with Gasteiger partial charge in [-0.3, -0.25) is 14.6 Å². The van der Waals surface area contributed by atoms with E-state index in [-0.39, 0.29) is 19.4 Å². The highest BCUT2D eigenvalue weighted by molar-refractivity contribution is 5.96. The quantitative estimate of drug-likeness (QED) is 0.632. The summed E-state index contributed by atoms with van der Waals surface area (Å²) in [5.41, 5.74) is 0.992. The topological polar surface area (TPSA) is 85.8 Å². The maximum atomic E-state index is 13.5. The molecule has 0 unspecified atom stereocenters. The Hall–Kier alpha value is -3.22. The van der Waals surface area contributed by atoms with Gasteiger partial charge >= 0.3 is 12.1 Å². The van der Waals surface area contributed by atoms with Gasteiger partial charge < -0.3 is 9.47 Å². The van der Waals surface area contributed by atoms with Gasteiger partial charge in [0.25, 0.3) is 0 Å². The third kappa shape index (κ3) is 6.38. The molecule has 31 heavy (non-hydrogen) atoms. The number of ether oxygens (including phenoxy) is 2. The predicted molar refractivity (Wildman–Crippen MR) is 114 cm³/mol. The molecule has 0 radical (unpaired) electrons. The minimum atomic E-state index is -0.784. The molecule has 1 saturated heterocycles. The van der Waals surface area contributed by atoms with E-state index in [1.165, 1.54) is 0 Å². The van der Waals surface area contributed by atoms with Gasteiger partial charge in [-0.15, -0.1) is 0 Å². The lowest BCUT2D eigenvalue weighted by Crippen LogP contribution is -2.45. The molecular weight excluding hydrogens is 396 g/mol. The summed E-state index contributed by atoms with van der Waals surface area (Å²) in [6, 6.07) is 14.6. The van der Waals surface area contributed by atoms with Gasteiger partial charge in [-0.05, 0) is 44.9 Å². The van der Waals surface area contributed by atoms with E-state index >= 15 is 0 Å². The van der Waals surface area contributed by atoms with E-state index in [2.05, 4.69) is 4.98 Å². The number of aromatic nitrogens is 1. The van der Waals surface area contributed by atoms with E-state index in [0.29, 0.717) is 12.1 Å². The number of amides is 2. The first-order valence-electron chi connectivity index (χ1n) is 10.4. The first-order valence-corrected chi connectivity index (χ1v) is 10.4. The summed E-state index contributed by atoms with van der Waals surface area (Å²) in [4.78, 5) is 43.8. The fourth-order valence-corrected chi connectivity index (χ4v) is 3.57. The average molecular weight is 424 g/mol. The van der Waals surface area contributed by atoms with Crippen LogP contribution in [0.2, 0.25) is 0 Å². The molecule has 1 aromatic heterocycles. The van der Waals surface area contributed by atoms with Gasteiger partial charge in [0.1, 0.15) is 12.2 Å². The van der Waals surface area contributed by atoms with E-state index in [4.69, 9.17) is 9.47 Å². The number of rotatable bonds is 7. The number of imide groups is 1. The highest BCUT2D eigenvalue weighted by Gasteiger charge is 2.41. The largest absolute Gasteiger partial charge is 0.460 e. The Bertz CT molecular complexity index is 909. The molecule has 164 valence electrons. The van der Waals surface area contributed by atoms with Gasteiger partial charge in [0.15, 0.2) is 0 Å². The maximum Gasteiger partial charge on any atom is 0.416 e. The number of esters is 1. The van der Waals surface area contributed by atoms with E-state index in [1.807, 2.05) is 36.4 Å². The monoisotopic (exact) mass is 424 g/mol. The summed E-state index contributed by atoms with van der Waals surface area (Å²) in [5, 5.41) is 0. The van der Waals surface area contributed by atoms with Crippen LogP contribution < -0.4 is 0 Å². The zero-order valence-electron chi connectivity index (χ0n) is 18.1. The molecule has 3 rings (SSSR count). The molecular formula is C24H28N2O5.